The minimum atomic E-state index is 0.616. The standard InChI is InChI=1S/C10H6N4O/c15-6-7-1-2-8-3-4-10-11-12-13-14(10)9(8)5-7/h1-6H. The zero-order chi connectivity index (χ0) is 10.3. The Morgan fingerprint density at radius 1 is 1.20 bits per heavy atom. The Morgan fingerprint density at radius 2 is 2.07 bits per heavy atom. The monoisotopic (exact) mass is 198 g/mol. The Kier molecular flexibility index (Phi) is 1.53. The molecule has 0 radical (unpaired) electrons. The number of fused-ring (bicyclic) bond motifs is 3. The van der Waals surface area contributed by atoms with Crippen LogP contribution in [0.3, 0.4) is 0 Å². The Morgan fingerprint density at radius 3 is 2.93 bits per heavy atom. The predicted molar refractivity (Wildman–Crippen MR) is 53.7 cm³/mol. The Balaban J connectivity index is 2.53. The topological polar surface area (TPSA) is 60.2 Å². The van der Waals surface area contributed by atoms with Gasteiger partial charge in [-0.25, -0.2) is 0 Å². The third-order valence-corrected chi connectivity index (χ3v) is 2.32. The molecule has 0 saturated carbocycles. The van der Waals surface area contributed by atoms with Crippen LogP contribution in [0.4, 0.5) is 0 Å². The van der Waals surface area contributed by atoms with Crippen molar-refractivity contribution in [1.29, 1.82) is 0 Å². The predicted octanol–water partition coefficient (Wildman–Crippen LogP) is 1.09. The van der Waals surface area contributed by atoms with E-state index in [1.54, 1.807) is 16.6 Å². The average molecular weight is 198 g/mol. The lowest BCUT2D eigenvalue weighted by molar-refractivity contribution is 0.112. The first-order valence-corrected chi connectivity index (χ1v) is 4.44. The number of nitrogens with zero attached hydrogens (tertiary/aromatic N) is 4. The normalized spacial score (nSPS) is 10.9. The maximum atomic E-state index is 10.7. The van der Waals surface area contributed by atoms with Crippen LogP contribution in [0.5, 0.6) is 0 Å². The number of pyridine rings is 1. The summed E-state index contributed by atoms with van der Waals surface area (Å²) in [6, 6.07) is 9.18. The van der Waals surface area contributed by atoms with E-state index in [2.05, 4.69) is 15.5 Å². The van der Waals surface area contributed by atoms with E-state index in [0.29, 0.717) is 11.2 Å². The number of carbonyl (C=O) groups excluding carboxylic acids is 1. The van der Waals surface area contributed by atoms with E-state index in [1.807, 2.05) is 18.2 Å². The van der Waals surface area contributed by atoms with Gasteiger partial charge in [0.2, 0.25) is 0 Å². The highest BCUT2D eigenvalue weighted by Crippen LogP contribution is 2.15. The van der Waals surface area contributed by atoms with Crippen LogP contribution in [0.2, 0.25) is 0 Å². The fourth-order valence-electron chi connectivity index (χ4n) is 1.59. The Hall–Kier alpha value is -2.30. The molecule has 0 spiro atoms. The van der Waals surface area contributed by atoms with E-state index >= 15 is 0 Å². The van der Waals surface area contributed by atoms with Gasteiger partial charge in [-0.1, -0.05) is 12.1 Å². The van der Waals surface area contributed by atoms with E-state index in [9.17, 15) is 4.79 Å². The minimum Gasteiger partial charge on any atom is -0.298 e. The summed E-state index contributed by atoms with van der Waals surface area (Å²) < 4.78 is 1.61. The molecule has 1 aromatic carbocycles. The summed E-state index contributed by atoms with van der Waals surface area (Å²) in [5.74, 6) is 0. The second-order valence-electron chi connectivity index (χ2n) is 3.22. The number of tetrazole rings is 1. The molecular weight excluding hydrogens is 192 g/mol. The summed E-state index contributed by atoms with van der Waals surface area (Å²) in [5.41, 5.74) is 2.12. The molecule has 2 aromatic heterocycles. The number of carbonyl (C=O) groups is 1. The number of aromatic nitrogens is 4. The quantitative estimate of drug-likeness (QED) is 0.549. The highest BCUT2D eigenvalue weighted by Gasteiger charge is 2.03. The SMILES string of the molecule is O=Cc1ccc2ccc3nnnn3c2c1. The number of benzene rings is 1. The highest BCUT2D eigenvalue weighted by molar-refractivity contribution is 5.87. The summed E-state index contributed by atoms with van der Waals surface area (Å²) >= 11 is 0. The fourth-order valence-corrected chi connectivity index (χ4v) is 1.59. The van der Waals surface area contributed by atoms with Gasteiger partial charge in [0.05, 0.1) is 5.52 Å². The number of hydrogen-bond donors (Lipinski definition) is 0. The van der Waals surface area contributed by atoms with E-state index in [4.69, 9.17) is 0 Å². The molecule has 0 aliphatic carbocycles. The summed E-state index contributed by atoms with van der Waals surface area (Å²) in [5, 5.41) is 12.3. The molecule has 0 N–H and O–H groups in total. The molecule has 2 heterocycles. The molecule has 3 aromatic rings. The minimum absolute atomic E-state index is 0.616. The number of aldehydes is 1. The summed E-state index contributed by atoms with van der Waals surface area (Å²) in [6.45, 7) is 0. The molecule has 0 aliphatic rings. The fraction of sp³-hybridized carbons (Fsp3) is 0. The van der Waals surface area contributed by atoms with Gasteiger partial charge in [-0.05, 0) is 28.6 Å². The third kappa shape index (κ3) is 1.10. The summed E-state index contributed by atoms with van der Waals surface area (Å²) in [7, 11) is 0. The molecule has 3 rings (SSSR count). The van der Waals surface area contributed by atoms with Gasteiger partial charge >= 0.3 is 0 Å². The van der Waals surface area contributed by atoms with Crippen molar-refractivity contribution in [3.63, 3.8) is 0 Å². The van der Waals surface area contributed by atoms with Crippen LogP contribution in [0.25, 0.3) is 16.6 Å². The van der Waals surface area contributed by atoms with E-state index in [0.717, 1.165) is 17.2 Å². The molecule has 0 fully saturated rings. The van der Waals surface area contributed by atoms with Gasteiger partial charge < -0.3 is 0 Å². The van der Waals surface area contributed by atoms with Crippen LogP contribution in [-0.2, 0) is 0 Å². The van der Waals surface area contributed by atoms with Gasteiger partial charge in [0, 0.05) is 10.9 Å². The summed E-state index contributed by atoms with van der Waals surface area (Å²) in [6.07, 6.45) is 0.808. The van der Waals surface area contributed by atoms with Gasteiger partial charge in [0.25, 0.3) is 0 Å². The van der Waals surface area contributed by atoms with E-state index in [-0.39, 0.29) is 0 Å². The van der Waals surface area contributed by atoms with Crippen molar-refractivity contribution in [3.8, 4) is 0 Å². The zero-order valence-corrected chi connectivity index (χ0v) is 7.66. The van der Waals surface area contributed by atoms with Gasteiger partial charge in [0.1, 0.15) is 6.29 Å². The molecule has 5 heteroatoms. The van der Waals surface area contributed by atoms with Crippen LogP contribution in [0.1, 0.15) is 10.4 Å². The maximum Gasteiger partial charge on any atom is 0.179 e. The van der Waals surface area contributed by atoms with Crippen LogP contribution in [0, 0.1) is 0 Å². The highest BCUT2D eigenvalue weighted by atomic mass is 16.1. The Bertz CT molecular complexity index is 659. The van der Waals surface area contributed by atoms with Crippen LogP contribution in [-0.4, -0.2) is 26.3 Å². The van der Waals surface area contributed by atoms with Crippen molar-refractivity contribution in [2.24, 2.45) is 0 Å². The van der Waals surface area contributed by atoms with Crippen molar-refractivity contribution in [2.45, 2.75) is 0 Å². The second-order valence-corrected chi connectivity index (χ2v) is 3.22. The maximum absolute atomic E-state index is 10.7. The van der Waals surface area contributed by atoms with E-state index in [1.165, 1.54) is 0 Å². The Labute approximate surface area is 84.3 Å². The first-order chi connectivity index (χ1) is 7.38. The van der Waals surface area contributed by atoms with Gasteiger partial charge in [-0.2, -0.15) is 4.52 Å². The van der Waals surface area contributed by atoms with E-state index < -0.39 is 0 Å². The lowest BCUT2D eigenvalue weighted by atomic mass is 10.1. The van der Waals surface area contributed by atoms with Crippen molar-refractivity contribution in [1.82, 2.24) is 20.0 Å². The molecule has 72 valence electrons. The lowest BCUT2D eigenvalue weighted by Gasteiger charge is -1.99. The molecule has 0 amide bonds. The number of hydrogen-bond acceptors (Lipinski definition) is 4. The molecule has 0 aliphatic heterocycles. The van der Waals surface area contributed by atoms with Gasteiger partial charge in [-0.15, -0.1) is 5.10 Å². The largest absolute Gasteiger partial charge is 0.298 e. The smallest absolute Gasteiger partial charge is 0.179 e. The van der Waals surface area contributed by atoms with Crippen LogP contribution >= 0.6 is 0 Å². The molecule has 0 saturated heterocycles. The molecular formula is C10H6N4O. The van der Waals surface area contributed by atoms with Crippen LogP contribution < -0.4 is 0 Å². The lowest BCUT2D eigenvalue weighted by Crippen LogP contribution is -1.91. The van der Waals surface area contributed by atoms with Gasteiger partial charge in [-0.3, -0.25) is 4.79 Å². The number of rotatable bonds is 1. The molecule has 0 unspecified atom stereocenters. The van der Waals surface area contributed by atoms with Crippen molar-refractivity contribution >= 4 is 22.8 Å². The third-order valence-electron chi connectivity index (χ3n) is 2.32. The average Bonchev–Trinajstić information content (AvgIpc) is 2.76. The van der Waals surface area contributed by atoms with Crippen molar-refractivity contribution < 1.29 is 4.79 Å². The van der Waals surface area contributed by atoms with Crippen molar-refractivity contribution in [2.75, 3.05) is 0 Å². The van der Waals surface area contributed by atoms with Gasteiger partial charge in [0.15, 0.2) is 5.65 Å². The van der Waals surface area contributed by atoms with Crippen LogP contribution in [0.15, 0.2) is 30.3 Å². The molecule has 5 nitrogen and oxygen atoms in total. The van der Waals surface area contributed by atoms with Crippen molar-refractivity contribution in [3.05, 3.63) is 35.9 Å². The zero-order valence-electron chi connectivity index (χ0n) is 7.66. The molecule has 0 atom stereocenters. The second kappa shape index (κ2) is 2.84. The summed E-state index contributed by atoms with van der Waals surface area (Å²) in [4.78, 5) is 10.7. The molecule has 15 heavy (non-hydrogen) atoms. The first kappa shape index (κ1) is 8.05. The first-order valence-electron chi connectivity index (χ1n) is 4.44. The molecule has 0 bridgehead atoms.